The number of hydrogen-bond donors (Lipinski definition) is 1. The Hall–Kier alpha value is -1.25. The molecule has 1 aromatic heterocycles. The van der Waals surface area contributed by atoms with E-state index in [0.29, 0.717) is 17.3 Å². The summed E-state index contributed by atoms with van der Waals surface area (Å²) in [7, 11) is 0. The predicted molar refractivity (Wildman–Crippen MR) is 70.4 cm³/mol. The molecule has 1 fully saturated rings. The van der Waals surface area contributed by atoms with Crippen molar-refractivity contribution in [3.8, 4) is 5.88 Å². The molecule has 1 saturated carbocycles. The second kappa shape index (κ2) is 4.55. The molecule has 1 unspecified atom stereocenters. The lowest BCUT2D eigenvalue weighted by molar-refractivity contribution is 0.233. The molecule has 1 heterocycles. The quantitative estimate of drug-likeness (QED) is 0.847. The third-order valence-corrected chi connectivity index (χ3v) is 3.57. The summed E-state index contributed by atoms with van der Waals surface area (Å²) in [5.74, 6) is 0.707. The number of ether oxygens (including phenoxy) is 1. The molecule has 94 valence electrons. The molecule has 1 N–H and O–H groups in total. The number of aromatic nitrogens is 1. The van der Waals surface area contributed by atoms with Crippen molar-refractivity contribution in [3.05, 3.63) is 18.3 Å². The van der Waals surface area contributed by atoms with Crippen molar-refractivity contribution >= 4 is 5.69 Å². The van der Waals surface area contributed by atoms with Crippen LogP contribution in [0.5, 0.6) is 5.88 Å². The smallest absolute Gasteiger partial charge is 0.237 e. The van der Waals surface area contributed by atoms with Gasteiger partial charge in [-0.05, 0) is 51.2 Å². The third kappa shape index (κ3) is 2.90. The maximum Gasteiger partial charge on any atom is 0.237 e. The fourth-order valence-corrected chi connectivity index (χ4v) is 1.86. The minimum Gasteiger partial charge on any atom is -0.473 e. The van der Waals surface area contributed by atoms with Crippen molar-refractivity contribution in [1.82, 2.24) is 4.98 Å². The van der Waals surface area contributed by atoms with Crippen molar-refractivity contribution in [2.45, 2.75) is 52.7 Å². The lowest BCUT2D eigenvalue weighted by Crippen LogP contribution is -2.25. The summed E-state index contributed by atoms with van der Waals surface area (Å²) in [6.45, 7) is 8.59. The van der Waals surface area contributed by atoms with E-state index in [2.05, 4.69) is 24.1 Å². The molecule has 0 amide bonds. The fourth-order valence-electron chi connectivity index (χ4n) is 1.86. The van der Waals surface area contributed by atoms with Crippen LogP contribution in [0, 0.1) is 5.41 Å². The molecule has 0 aliphatic heterocycles. The molecule has 0 bridgehead atoms. The normalized spacial score (nSPS) is 18.9. The standard InChI is InChI=1S/C14H22N2O/c1-10(2)17-13-12(6-5-9-15-13)16-11(3)14(4)7-8-14/h5-6,9-11,16H,7-8H2,1-4H3. The Morgan fingerprint density at radius 2 is 2.06 bits per heavy atom. The van der Waals surface area contributed by atoms with Crippen molar-refractivity contribution < 1.29 is 4.74 Å². The maximum absolute atomic E-state index is 5.71. The predicted octanol–water partition coefficient (Wildman–Crippen LogP) is 3.47. The first kappa shape index (κ1) is 12.2. The van der Waals surface area contributed by atoms with Gasteiger partial charge in [0, 0.05) is 12.2 Å². The van der Waals surface area contributed by atoms with Gasteiger partial charge in [-0.1, -0.05) is 6.92 Å². The molecular weight excluding hydrogens is 212 g/mol. The average molecular weight is 234 g/mol. The van der Waals surface area contributed by atoms with E-state index in [0.717, 1.165) is 5.69 Å². The van der Waals surface area contributed by atoms with Crippen LogP contribution in [-0.4, -0.2) is 17.1 Å². The zero-order valence-electron chi connectivity index (χ0n) is 11.2. The van der Waals surface area contributed by atoms with Crippen molar-refractivity contribution in [1.29, 1.82) is 0 Å². The second-order valence-electron chi connectivity index (χ2n) is 5.54. The van der Waals surface area contributed by atoms with Crippen LogP contribution in [-0.2, 0) is 0 Å². The van der Waals surface area contributed by atoms with Gasteiger partial charge in [0.25, 0.3) is 0 Å². The minimum atomic E-state index is 0.150. The number of nitrogens with zero attached hydrogens (tertiary/aromatic N) is 1. The molecule has 3 nitrogen and oxygen atoms in total. The van der Waals surface area contributed by atoms with Gasteiger partial charge in [0.05, 0.1) is 11.8 Å². The van der Waals surface area contributed by atoms with Gasteiger partial charge in [0.2, 0.25) is 5.88 Å². The second-order valence-corrected chi connectivity index (χ2v) is 5.54. The van der Waals surface area contributed by atoms with Crippen LogP contribution in [0.15, 0.2) is 18.3 Å². The topological polar surface area (TPSA) is 34.1 Å². The van der Waals surface area contributed by atoms with Crippen LogP contribution in [0.4, 0.5) is 5.69 Å². The molecular formula is C14H22N2O. The summed E-state index contributed by atoms with van der Waals surface area (Å²) in [6, 6.07) is 4.44. The molecule has 0 aromatic carbocycles. The summed E-state index contributed by atoms with van der Waals surface area (Å²) in [4.78, 5) is 4.29. The van der Waals surface area contributed by atoms with Gasteiger partial charge < -0.3 is 10.1 Å². The van der Waals surface area contributed by atoms with Crippen LogP contribution in [0.2, 0.25) is 0 Å². The Morgan fingerprint density at radius 3 is 2.65 bits per heavy atom. The first-order valence-electron chi connectivity index (χ1n) is 6.39. The number of rotatable bonds is 5. The van der Waals surface area contributed by atoms with Gasteiger partial charge in [-0.3, -0.25) is 0 Å². The van der Waals surface area contributed by atoms with Gasteiger partial charge in [-0.25, -0.2) is 4.98 Å². The van der Waals surface area contributed by atoms with Crippen LogP contribution in [0.3, 0.4) is 0 Å². The van der Waals surface area contributed by atoms with Crippen LogP contribution in [0.1, 0.15) is 40.5 Å². The van der Waals surface area contributed by atoms with E-state index in [9.17, 15) is 0 Å². The highest BCUT2D eigenvalue weighted by atomic mass is 16.5. The van der Waals surface area contributed by atoms with Gasteiger partial charge in [-0.2, -0.15) is 0 Å². The van der Waals surface area contributed by atoms with E-state index >= 15 is 0 Å². The zero-order chi connectivity index (χ0) is 12.5. The average Bonchev–Trinajstić information content (AvgIpc) is 3.00. The number of anilines is 1. The van der Waals surface area contributed by atoms with Crippen molar-refractivity contribution in [2.24, 2.45) is 5.41 Å². The summed E-state index contributed by atoms with van der Waals surface area (Å²) in [5, 5.41) is 3.53. The molecule has 0 radical (unpaired) electrons. The van der Waals surface area contributed by atoms with Gasteiger partial charge in [-0.15, -0.1) is 0 Å². The molecule has 3 heteroatoms. The lowest BCUT2D eigenvalue weighted by atomic mass is 10.0. The molecule has 1 aliphatic rings. The van der Waals surface area contributed by atoms with E-state index in [1.165, 1.54) is 12.8 Å². The molecule has 0 spiro atoms. The SMILES string of the molecule is CC(C)Oc1ncccc1NC(C)C1(C)CC1. The van der Waals surface area contributed by atoms with Crippen molar-refractivity contribution in [3.63, 3.8) is 0 Å². The molecule has 1 aromatic rings. The van der Waals surface area contributed by atoms with Crippen molar-refractivity contribution in [2.75, 3.05) is 5.32 Å². The van der Waals surface area contributed by atoms with E-state index in [1.807, 2.05) is 26.0 Å². The van der Waals surface area contributed by atoms with Crippen LogP contribution in [0.25, 0.3) is 0 Å². The highest BCUT2D eigenvalue weighted by Crippen LogP contribution is 2.49. The van der Waals surface area contributed by atoms with Crippen LogP contribution < -0.4 is 10.1 Å². The minimum absolute atomic E-state index is 0.150. The van der Waals surface area contributed by atoms with E-state index in [4.69, 9.17) is 4.74 Å². The Bertz CT molecular complexity index is 386. The summed E-state index contributed by atoms with van der Waals surface area (Å²) in [5.41, 5.74) is 1.45. The third-order valence-electron chi connectivity index (χ3n) is 3.57. The molecule has 2 rings (SSSR count). The van der Waals surface area contributed by atoms with E-state index in [1.54, 1.807) is 6.20 Å². The largest absolute Gasteiger partial charge is 0.473 e. The Labute approximate surface area is 104 Å². The Balaban J connectivity index is 2.09. The van der Waals surface area contributed by atoms with Gasteiger partial charge >= 0.3 is 0 Å². The number of hydrogen-bond acceptors (Lipinski definition) is 3. The summed E-state index contributed by atoms with van der Waals surface area (Å²) >= 11 is 0. The fraction of sp³-hybridized carbons (Fsp3) is 0.643. The molecule has 1 aliphatic carbocycles. The Morgan fingerprint density at radius 1 is 1.35 bits per heavy atom. The highest BCUT2D eigenvalue weighted by molar-refractivity contribution is 5.53. The Kier molecular flexibility index (Phi) is 3.27. The monoisotopic (exact) mass is 234 g/mol. The van der Waals surface area contributed by atoms with Crippen LogP contribution >= 0.6 is 0 Å². The number of pyridine rings is 1. The van der Waals surface area contributed by atoms with E-state index < -0.39 is 0 Å². The molecule has 1 atom stereocenters. The summed E-state index contributed by atoms with van der Waals surface area (Å²) < 4.78 is 5.71. The molecule has 0 saturated heterocycles. The van der Waals surface area contributed by atoms with Gasteiger partial charge in [0.15, 0.2) is 0 Å². The number of nitrogens with one attached hydrogen (secondary N) is 1. The lowest BCUT2D eigenvalue weighted by Gasteiger charge is -2.23. The highest BCUT2D eigenvalue weighted by Gasteiger charge is 2.42. The van der Waals surface area contributed by atoms with Gasteiger partial charge in [0.1, 0.15) is 0 Å². The summed E-state index contributed by atoms with van der Waals surface area (Å²) in [6.07, 6.45) is 4.54. The molecule has 17 heavy (non-hydrogen) atoms. The maximum atomic E-state index is 5.71. The van der Waals surface area contributed by atoms with E-state index in [-0.39, 0.29) is 6.10 Å². The zero-order valence-corrected chi connectivity index (χ0v) is 11.2. The first-order chi connectivity index (χ1) is 8.01. The first-order valence-corrected chi connectivity index (χ1v) is 6.39.